The van der Waals surface area contributed by atoms with Crippen LogP contribution in [0.1, 0.15) is 51.0 Å². The molecule has 3 N–H and O–H groups in total. The Kier molecular flexibility index (Phi) is 8.68. The van der Waals surface area contributed by atoms with Crippen molar-refractivity contribution in [3.05, 3.63) is 77.2 Å². The Balaban J connectivity index is 1.79. The number of halogens is 3. The zero-order valence-electron chi connectivity index (χ0n) is 19.7. The summed E-state index contributed by atoms with van der Waals surface area (Å²) in [5, 5.41) is 3.21. The van der Waals surface area contributed by atoms with Gasteiger partial charge in [0.05, 0.1) is 5.70 Å². The van der Waals surface area contributed by atoms with E-state index in [2.05, 4.69) is 20.0 Å². The van der Waals surface area contributed by atoms with Gasteiger partial charge in [-0.1, -0.05) is 36.4 Å². The second-order valence-electron chi connectivity index (χ2n) is 8.25. The highest BCUT2D eigenvalue weighted by Gasteiger charge is 2.31. The SMILES string of the molecule is C/C=C\C=C/C1=CCC(=O)C(C)=C(C(N)=NC2=NCCCC(c3ccc(OC(F)(F)F)cc3)C2)N1. The van der Waals surface area contributed by atoms with E-state index in [4.69, 9.17) is 5.73 Å². The van der Waals surface area contributed by atoms with Gasteiger partial charge in [0, 0.05) is 30.7 Å². The van der Waals surface area contributed by atoms with Crippen LogP contribution in [0.15, 0.2) is 81.6 Å². The van der Waals surface area contributed by atoms with E-state index in [1.807, 2.05) is 31.2 Å². The standard InChI is InChI=1S/C26H29F3N4O2/c1-3-4-5-8-20-11-14-22(34)17(2)24(32-20)25(30)33-23-16-19(7-6-15-31-23)18-9-12-21(13-10-18)35-26(27,28)29/h3-5,8-13,19,32H,6-7,14-16H2,1-2H3,(H2,30,31,33)/b4-3-,8-5-. The highest BCUT2D eigenvalue weighted by Crippen LogP contribution is 2.31. The van der Waals surface area contributed by atoms with Crippen LogP contribution < -0.4 is 15.8 Å². The molecule has 2 heterocycles. The molecule has 2 aliphatic heterocycles. The smallest absolute Gasteiger partial charge is 0.406 e. The van der Waals surface area contributed by atoms with Gasteiger partial charge in [-0.3, -0.25) is 9.79 Å². The molecule has 0 spiro atoms. The number of Topliss-reactive ketones (excluding diaryl/α,β-unsaturated/α-hetero) is 1. The molecule has 0 saturated carbocycles. The molecule has 0 amide bonds. The topological polar surface area (TPSA) is 89.1 Å². The molecule has 1 aromatic rings. The first-order valence-corrected chi connectivity index (χ1v) is 11.4. The molecule has 0 fully saturated rings. The molecule has 2 aliphatic rings. The number of rotatable bonds is 5. The van der Waals surface area contributed by atoms with E-state index in [9.17, 15) is 18.0 Å². The number of hydrogen-bond donors (Lipinski definition) is 2. The lowest BCUT2D eigenvalue weighted by Crippen LogP contribution is -2.28. The first kappa shape index (κ1) is 26.0. The summed E-state index contributed by atoms with van der Waals surface area (Å²) in [5.74, 6) is 0.406. The van der Waals surface area contributed by atoms with Crippen LogP contribution in [0.4, 0.5) is 13.2 Å². The fraction of sp³-hybridized carbons (Fsp3) is 0.346. The maximum atomic E-state index is 12.5. The molecule has 1 unspecified atom stereocenters. The van der Waals surface area contributed by atoms with Crippen LogP contribution in [0, 0.1) is 0 Å². The minimum Gasteiger partial charge on any atom is -0.406 e. The third kappa shape index (κ3) is 7.70. The number of amidine groups is 2. The first-order chi connectivity index (χ1) is 16.7. The Morgan fingerprint density at radius 3 is 2.69 bits per heavy atom. The summed E-state index contributed by atoms with van der Waals surface area (Å²) >= 11 is 0. The van der Waals surface area contributed by atoms with E-state index >= 15 is 0 Å². The molecule has 0 aromatic heterocycles. The van der Waals surface area contributed by atoms with E-state index in [-0.39, 0.29) is 29.7 Å². The van der Waals surface area contributed by atoms with Crippen molar-refractivity contribution in [2.45, 2.75) is 51.8 Å². The number of carbonyl (C=O) groups is 1. The number of ketones is 1. The quantitative estimate of drug-likeness (QED) is 0.329. The third-order valence-electron chi connectivity index (χ3n) is 5.67. The second-order valence-corrected chi connectivity index (χ2v) is 8.25. The van der Waals surface area contributed by atoms with Gasteiger partial charge in [-0.25, -0.2) is 4.99 Å². The fourth-order valence-corrected chi connectivity index (χ4v) is 3.86. The van der Waals surface area contributed by atoms with Gasteiger partial charge in [-0.2, -0.15) is 0 Å². The number of nitrogens with zero attached hydrogens (tertiary/aromatic N) is 2. The summed E-state index contributed by atoms with van der Waals surface area (Å²) in [5.41, 5.74) is 8.89. The molecule has 0 saturated heterocycles. The first-order valence-electron chi connectivity index (χ1n) is 11.4. The number of carbonyl (C=O) groups excluding carboxylic acids is 1. The average molecular weight is 487 g/mol. The van der Waals surface area contributed by atoms with Crippen LogP contribution in [-0.4, -0.2) is 30.4 Å². The van der Waals surface area contributed by atoms with Crippen molar-refractivity contribution >= 4 is 17.5 Å². The molecule has 0 aliphatic carbocycles. The van der Waals surface area contributed by atoms with Crippen molar-refractivity contribution < 1.29 is 22.7 Å². The molecule has 9 heteroatoms. The lowest BCUT2D eigenvalue weighted by molar-refractivity contribution is -0.274. The van der Waals surface area contributed by atoms with Crippen molar-refractivity contribution in [1.82, 2.24) is 5.32 Å². The molecule has 1 aromatic carbocycles. The normalized spacial score (nSPS) is 20.4. The molecular formula is C26H29F3N4O2. The Morgan fingerprint density at radius 1 is 1.26 bits per heavy atom. The maximum absolute atomic E-state index is 12.5. The van der Waals surface area contributed by atoms with Crippen LogP contribution in [0.5, 0.6) is 5.75 Å². The van der Waals surface area contributed by atoms with E-state index in [1.54, 1.807) is 25.1 Å². The third-order valence-corrected chi connectivity index (χ3v) is 5.67. The van der Waals surface area contributed by atoms with E-state index in [0.29, 0.717) is 30.1 Å². The number of hydrogen-bond acceptors (Lipinski definition) is 5. The summed E-state index contributed by atoms with van der Waals surface area (Å²) in [4.78, 5) is 21.6. The minimum atomic E-state index is -4.73. The van der Waals surface area contributed by atoms with Crippen molar-refractivity contribution in [2.75, 3.05) is 6.54 Å². The molecule has 1 atom stereocenters. The van der Waals surface area contributed by atoms with Gasteiger partial charge in [-0.05, 0) is 56.4 Å². The molecule has 186 valence electrons. The van der Waals surface area contributed by atoms with Crippen LogP contribution in [0.3, 0.4) is 0 Å². The second kappa shape index (κ2) is 11.7. The Labute approximate surface area is 202 Å². The Hall–Kier alpha value is -3.62. The average Bonchev–Trinajstić information content (AvgIpc) is 3.11. The fourth-order valence-electron chi connectivity index (χ4n) is 3.86. The van der Waals surface area contributed by atoms with Crippen molar-refractivity contribution in [3.8, 4) is 5.75 Å². The van der Waals surface area contributed by atoms with Gasteiger partial charge in [0.1, 0.15) is 17.4 Å². The predicted octanol–water partition coefficient (Wildman–Crippen LogP) is 5.46. The molecule has 3 rings (SSSR count). The highest BCUT2D eigenvalue weighted by molar-refractivity contribution is 6.11. The molecule has 0 radical (unpaired) electrons. The Morgan fingerprint density at radius 2 is 2.00 bits per heavy atom. The molecular weight excluding hydrogens is 457 g/mol. The van der Waals surface area contributed by atoms with Gasteiger partial charge in [-0.15, -0.1) is 13.2 Å². The van der Waals surface area contributed by atoms with Crippen LogP contribution >= 0.6 is 0 Å². The molecule has 6 nitrogen and oxygen atoms in total. The number of benzene rings is 1. The molecule has 0 bridgehead atoms. The van der Waals surface area contributed by atoms with Gasteiger partial charge < -0.3 is 15.8 Å². The van der Waals surface area contributed by atoms with E-state index in [1.165, 1.54) is 12.1 Å². The Bertz CT molecular complexity index is 1110. The number of nitrogens with two attached hydrogens (primary N) is 1. The lowest BCUT2D eigenvalue weighted by Gasteiger charge is -2.16. The summed E-state index contributed by atoms with van der Waals surface area (Å²) in [6.45, 7) is 4.19. The van der Waals surface area contributed by atoms with Crippen molar-refractivity contribution in [1.29, 1.82) is 0 Å². The highest BCUT2D eigenvalue weighted by atomic mass is 19.4. The number of aliphatic imine (C=N–C) groups is 2. The van der Waals surface area contributed by atoms with Crippen LogP contribution in [-0.2, 0) is 4.79 Å². The van der Waals surface area contributed by atoms with E-state index in [0.717, 1.165) is 24.1 Å². The summed E-state index contributed by atoms with van der Waals surface area (Å²) in [6.07, 6.45) is 6.91. The van der Waals surface area contributed by atoms with E-state index < -0.39 is 6.36 Å². The predicted molar refractivity (Wildman–Crippen MR) is 131 cm³/mol. The van der Waals surface area contributed by atoms with Gasteiger partial charge in [0.15, 0.2) is 5.78 Å². The van der Waals surface area contributed by atoms with Gasteiger partial charge in [0.25, 0.3) is 0 Å². The van der Waals surface area contributed by atoms with Gasteiger partial charge in [0.2, 0.25) is 0 Å². The molecule has 35 heavy (non-hydrogen) atoms. The zero-order valence-corrected chi connectivity index (χ0v) is 19.7. The summed E-state index contributed by atoms with van der Waals surface area (Å²) in [6, 6.07) is 5.89. The van der Waals surface area contributed by atoms with Gasteiger partial charge >= 0.3 is 6.36 Å². The summed E-state index contributed by atoms with van der Waals surface area (Å²) in [7, 11) is 0. The maximum Gasteiger partial charge on any atom is 0.573 e. The monoisotopic (exact) mass is 486 g/mol. The minimum absolute atomic E-state index is 0.0192. The number of nitrogens with one attached hydrogen (secondary N) is 1. The van der Waals surface area contributed by atoms with Crippen LogP contribution in [0.2, 0.25) is 0 Å². The van der Waals surface area contributed by atoms with Crippen molar-refractivity contribution in [3.63, 3.8) is 0 Å². The largest absolute Gasteiger partial charge is 0.573 e. The van der Waals surface area contributed by atoms with Crippen LogP contribution in [0.25, 0.3) is 0 Å². The zero-order chi connectivity index (χ0) is 25.4. The summed E-state index contributed by atoms with van der Waals surface area (Å²) < 4.78 is 41.3. The number of allylic oxidation sites excluding steroid dienone is 6. The van der Waals surface area contributed by atoms with Crippen molar-refractivity contribution in [2.24, 2.45) is 15.7 Å². The lowest BCUT2D eigenvalue weighted by atomic mass is 9.91. The number of ether oxygens (including phenoxy) is 1. The number of alkyl halides is 3.